The number of hydrogen-bond acceptors (Lipinski definition) is 4. The molecule has 1 fully saturated rings. The van der Waals surface area contributed by atoms with E-state index in [0.717, 1.165) is 5.56 Å². The van der Waals surface area contributed by atoms with Crippen molar-refractivity contribution < 1.29 is 14.0 Å². The third-order valence-corrected chi connectivity index (χ3v) is 3.72. The van der Waals surface area contributed by atoms with Crippen LogP contribution in [0.25, 0.3) is 0 Å². The summed E-state index contributed by atoms with van der Waals surface area (Å²) in [5, 5.41) is 0. The number of rotatable bonds is 2. The Morgan fingerprint density at radius 1 is 1.09 bits per heavy atom. The van der Waals surface area contributed by atoms with E-state index in [1.807, 2.05) is 13.0 Å². The van der Waals surface area contributed by atoms with Crippen molar-refractivity contribution in [2.24, 2.45) is 0 Å². The molecular weight excluding hydrogens is 282 g/mol. The number of carbonyl (C=O) groups excluding carboxylic acids is 2. The third kappa shape index (κ3) is 2.86. The number of aryl methyl sites for hydroxylation is 1. The van der Waals surface area contributed by atoms with Gasteiger partial charge in [0.15, 0.2) is 5.76 Å². The first-order valence-corrected chi connectivity index (χ1v) is 7.20. The first kappa shape index (κ1) is 14.3. The van der Waals surface area contributed by atoms with Crippen LogP contribution in [0.1, 0.15) is 26.6 Å². The van der Waals surface area contributed by atoms with E-state index in [1.54, 1.807) is 34.2 Å². The molecule has 22 heavy (non-hydrogen) atoms. The summed E-state index contributed by atoms with van der Waals surface area (Å²) in [6.07, 6.45) is 3.12. The second kappa shape index (κ2) is 6.01. The Morgan fingerprint density at radius 2 is 1.77 bits per heavy atom. The van der Waals surface area contributed by atoms with Gasteiger partial charge in [0.1, 0.15) is 5.69 Å². The Kier molecular flexibility index (Phi) is 3.91. The fourth-order valence-electron chi connectivity index (χ4n) is 2.48. The Hall–Kier alpha value is -2.63. The summed E-state index contributed by atoms with van der Waals surface area (Å²) in [6.45, 7) is 3.93. The smallest absolute Gasteiger partial charge is 0.289 e. The highest BCUT2D eigenvalue weighted by molar-refractivity contribution is 5.93. The summed E-state index contributed by atoms with van der Waals surface area (Å²) in [6, 6.07) is 6.98. The van der Waals surface area contributed by atoms with Crippen LogP contribution in [0, 0.1) is 6.92 Å². The van der Waals surface area contributed by atoms with E-state index in [1.165, 1.54) is 6.26 Å². The highest BCUT2D eigenvalue weighted by atomic mass is 16.3. The van der Waals surface area contributed by atoms with Crippen molar-refractivity contribution in [3.8, 4) is 0 Å². The zero-order valence-electron chi connectivity index (χ0n) is 12.4. The fraction of sp³-hybridized carbons (Fsp3) is 0.312. The zero-order valence-corrected chi connectivity index (χ0v) is 12.4. The monoisotopic (exact) mass is 299 g/mol. The van der Waals surface area contributed by atoms with Crippen molar-refractivity contribution in [3.05, 3.63) is 53.7 Å². The third-order valence-electron chi connectivity index (χ3n) is 3.72. The van der Waals surface area contributed by atoms with Crippen molar-refractivity contribution in [1.82, 2.24) is 14.8 Å². The molecule has 2 aromatic heterocycles. The van der Waals surface area contributed by atoms with Gasteiger partial charge in [-0.25, -0.2) is 0 Å². The number of carbonyl (C=O) groups is 2. The summed E-state index contributed by atoms with van der Waals surface area (Å²) in [5.41, 5.74) is 1.45. The summed E-state index contributed by atoms with van der Waals surface area (Å²) >= 11 is 0. The molecule has 0 N–H and O–H groups in total. The van der Waals surface area contributed by atoms with Crippen molar-refractivity contribution in [2.75, 3.05) is 26.2 Å². The first-order valence-electron chi connectivity index (χ1n) is 7.20. The van der Waals surface area contributed by atoms with Crippen LogP contribution in [-0.2, 0) is 0 Å². The lowest BCUT2D eigenvalue weighted by molar-refractivity contribution is 0.0515. The zero-order chi connectivity index (χ0) is 15.5. The number of nitrogens with zero attached hydrogens (tertiary/aromatic N) is 3. The molecule has 1 aliphatic rings. The Bertz CT molecular complexity index is 674. The van der Waals surface area contributed by atoms with Crippen LogP contribution < -0.4 is 0 Å². The molecule has 0 bridgehead atoms. The van der Waals surface area contributed by atoms with Crippen molar-refractivity contribution >= 4 is 11.8 Å². The van der Waals surface area contributed by atoms with Gasteiger partial charge in [0.25, 0.3) is 11.8 Å². The van der Waals surface area contributed by atoms with Gasteiger partial charge in [0, 0.05) is 32.4 Å². The molecule has 114 valence electrons. The molecule has 2 amide bonds. The van der Waals surface area contributed by atoms with Crippen LogP contribution in [0.5, 0.6) is 0 Å². The lowest BCUT2D eigenvalue weighted by Gasteiger charge is -2.34. The minimum atomic E-state index is -0.134. The molecular formula is C16H17N3O3. The maximum absolute atomic E-state index is 12.4. The average molecular weight is 299 g/mol. The van der Waals surface area contributed by atoms with E-state index < -0.39 is 0 Å². The highest BCUT2D eigenvalue weighted by Crippen LogP contribution is 2.12. The normalized spacial score (nSPS) is 15.0. The van der Waals surface area contributed by atoms with Crippen LogP contribution in [0.15, 0.2) is 41.1 Å². The second-order valence-electron chi connectivity index (χ2n) is 5.28. The number of pyridine rings is 1. The van der Waals surface area contributed by atoms with E-state index in [-0.39, 0.29) is 11.8 Å². The number of amides is 2. The highest BCUT2D eigenvalue weighted by Gasteiger charge is 2.26. The van der Waals surface area contributed by atoms with Gasteiger partial charge < -0.3 is 14.2 Å². The van der Waals surface area contributed by atoms with Gasteiger partial charge in [-0.2, -0.15) is 0 Å². The van der Waals surface area contributed by atoms with Gasteiger partial charge in [0.05, 0.1) is 6.26 Å². The predicted octanol–water partition coefficient (Wildman–Crippen LogP) is 1.58. The SMILES string of the molecule is Cc1ccnc(C(=O)N2CCN(C(=O)c3ccco3)CC2)c1. The number of aromatic nitrogens is 1. The van der Waals surface area contributed by atoms with Gasteiger partial charge in [-0.1, -0.05) is 0 Å². The molecule has 3 rings (SSSR count). The van der Waals surface area contributed by atoms with Crippen molar-refractivity contribution in [1.29, 1.82) is 0 Å². The molecule has 0 atom stereocenters. The fourth-order valence-corrected chi connectivity index (χ4v) is 2.48. The molecule has 0 unspecified atom stereocenters. The molecule has 1 saturated heterocycles. The molecule has 0 aromatic carbocycles. The summed E-state index contributed by atoms with van der Waals surface area (Å²) in [5.74, 6) is 0.111. The molecule has 6 nitrogen and oxygen atoms in total. The maximum Gasteiger partial charge on any atom is 0.289 e. The van der Waals surface area contributed by atoms with Crippen molar-refractivity contribution in [3.63, 3.8) is 0 Å². The number of hydrogen-bond donors (Lipinski definition) is 0. The van der Waals surface area contributed by atoms with E-state index in [9.17, 15) is 9.59 Å². The standard InChI is InChI=1S/C16H17N3O3/c1-12-4-5-17-13(11-12)15(20)18-6-8-19(9-7-18)16(21)14-3-2-10-22-14/h2-5,10-11H,6-9H2,1H3. The quantitative estimate of drug-likeness (QED) is 0.844. The molecule has 2 aromatic rings. The van der Waals surface area contributed by atoms with E-state index in [2.05, 4.69) is 4.98 Å². The topological polar surface area (TPSA) is 66.7 Å². The molecule has 1 aliphatic heterocycles. The largest absolute Gasteiger partial charge is 0.459 e. The van der Waals surface area contributed by atoms with Crippen LogP contribution in [-0.4, -0.2) is 52.8 Å². The Balaban J connectivity index is 1.62. The van der Waals surface area contributed by atoms with Crippen molar-refractivity contribution in [2.45, 2.75) is 6.92 Å². The van der Waals surface area contributed by atoms with E-state index >= 15 is 0 Å². The van der Waals surface area contributed by atoms with Crippen LogP contribution in [0.2, 0.25) is 0 Å². The van der Waals surface area contributed by atoms with Gasteiger partial charge in [-0.05, 0) is 36.8 Å². The second-order valence-corrected chi connectivity index (χ2v) is 5.28. The number of furan rings is 1. The minimum Gasteiger partial charge on any atom is -0.459 e. The van der Waals surface area contributed by atoms with Crippen LogP contribution in [0.4, 0.5) is 0 Å². The van der Waals surface area contributed by atoms with Crippen LogP contribution >= 0.6 is 0 Å². The van der Waals surface area contributed by atoms with Gasteiger partial charge in [-0.15, -0.1) is 0 Å². The molecule has 6 heteroatoms. The van der Waals surface area contributed by atoms with Gasteiger partial charge in [-0.3, -0.25) is 14.6 Å². The number of piperazine rings is 1. The summed E-state index contributed by atoms with van der Waals surface area (Å²) in [7, 11) is 0. The van der Waals surface area contributed by atoms with Gasteiger partial charge in [0.2, 0.25) is 0 Å². The lowest BCUT2D eigenvalue weighted by Crippen LogP contribution is -2.50. The molecule has 0 spiro atoms. The van der Waals surface area contributed by atoms with Gasteiger partial charge >= 0.3 is 0 Å². The Morgan fingerprint density at radius 3 is 2.36 bits per heavy atom. The molecule has 3 heterocycles. The summed E-state index contributed by atoms with van der Waals surface area (Å²) in [4.78, 5) is 32.1. The predicted molar refractivity (Wildman–Crippen MR) is 79.5 cm³/mol. The molecule has 0 saturated carbocycles. The average Bonchev–Trinajstić information content (AvgIpc) is 3.08. The maximum atomic E-state index is 12.4. The summed E-state index contributed by atoms with van der Waals surface area (Å²) < 4.78 is 5.12. The molecule has 0 radical (unpaired) electrons. The van der Waals surface area contributed by atoms with Crippen LogP contribution in [0.3, 0.4) is 0 Å². The van der Waals surface area contributed by atoms with E-state index in [4.69, 9.17) is 4.42 Å². The first-order chi connectivity index (χ1) is 10.6. The Labute approximate surface area is 128 Å². The molecule has 0 aliphatic carbocycles. The lowest BCUT2D eigenvalue weighted by atomic mass is 10.2. The minimum absolute atomic E-state index is 0.0891. The van der Waals surface area contributed by atoms with E-state index in [0.29, 0.717) is 37.6 Å².